The molecule has 1 amide bonds. The molecule has 0 saturated carbocycles. The van der Waals surface area contributed by atoms with E-state index in [1.807, 2.05) is 0 Å². The largest absolute Gasteiger partial charge is 0.444 e. The van der Waals surface area contributed by atoms with Crippen LogP contribution in [-0.4, -0.2) is 49.1 Å². The maximum absolute atomic E-state index is 13.5. The number of rotatable bonds is 2. The van der Waals surface area contributed by atoms with E-state index in [1.54, 1.807) is 20.8 Å². The van der Waals surface area contributed by atoms with E-state index in [1.165, 1.54) is 12.0 Å². The molecule has 1 rings (SSSR count). The molecular formula is C11H20FNO3. The zero-order valence-electron chi connectivity index (χ0n) is 10.3. The molecule has 0 N–H and O–H groups in total. The number of amides is 1. The summed E-state index contributed by atoms with van der Waals surface area (Å²) in [5.74, 6) is 0. The molecule has 0 bridgehead atoms. The van der Waals surface area contributed by atoms with Crippen LogP contribution in [0, 0.1) is 0 Å². The second-order valence-corrected chi connectivity index (χ2v) is 5.00. The second-order valence-electron chi connectivity index (χ2n) is 5.00. The molecule has 0 aromatic heterocycles. The van der Waals surface area contributed by atoms with Crippen molar-refractivity contribution in [2.75, 3.05) is 20.3 Å². The number of carbonyl (C=O) groups excluding carboxylic acids is 1. The predicted octanol–water partition coefficient (Wildman–Crippen LogP) is 1.98. The number of nitrogens with zero attached hydrogens (tertiary/aromatic N) is 1. The minimum atomic E-state index is -1.02. The molecule has 0 aromatic rings. The topological polar surface area (TPSA) is 38.8 Å². The van der Waals surface area contributed by atoms with Gasteiger partial charge in [-0.15, -0.1) is 0 Å². The van der Waals surface area contributed by atoms with Crippen molar-refractivity contribution < 1.29 is 18.7 Å². The van der Waals surface area contributed by atoms with E-state index in [-0.39, 0.29) is 6.61 Å². The van der Waals surface area contributed by atoms with Gasteiger partial charge in [0.15, 0.2) is 0 Å². The monoisotopic (exact) mass is 233 g/mol. The van der Waals surface area contributed by atoms with Crippen molar-refractivity contribution in [2.45, 2.75) is 45.0 Å². The Balaban J connectivity index is 2.61. The summed E-state index contributed by atoms with van der Waals surface area (Å²) in [5, 5.41) is 0. The van der Waals surface area contributed by atoms with Crippen LogP contribution < -0.4 is 0 Å². The average Bonchev–Trinajstić information content (AvgIpc) is 2.46. The molecule has 5 heteroatoms. The van der Waals surface area contributed by atoms with Gasteiger partial charge in [-0.05, 0) is 27.2 Å². The SMILES string of the molecule is COCC1C(F)CCN1C(=O)OC(C)(C)C. The van der Waals surface area contributed by atoms with Gasteiger partial charge in [-0.2, -0.15) is 0 Å². The summed E-state index contributed by atoms with van der Waals surface area (Å²) in [6.45, 7) is 5.97. The highest BCUT2D eigenvalue weighted by Crippen LogP contribution is 2.23. The Morgan fingerprint density at radius 3 is 2.62 bits per heavy atom. The molecule has 2 atom stereocenters. The highest BCUT2D eigenvalue weighted by molar-refractivity contribution is 5.69. The third kappa shape index (κ3) is 3.33. The van der Waals surface area contributed by atoms with Crippen LogP contribution in [0.1, 0.15) is 27.2 Å². The summed E-state index contributed by atoms with van der Waals surface area (Å²) in [7, 11) is 1.50. The van der Waals surface area contributed by atoms with Crippen LogP contribution >= 0.6 is 0 Å². The van der Waals surface area contributed by atoms with Crippen molar-refractivity contribution >= 4 is 6.09 Å². The van der Waals surface area contributed by atoms with Gasteiger partial charge in [-0.1, -0.05) is 0 Å². The van der Waals surface area contributed by atoms with E-state index < -0.39 is 23.9 Å². The molecule has 1 saturated heterocycles. The molecule has 4 nitrogen and oxygen atoms in total. The predicted molar refractivity (Wildman–Crippen MR) is 58.1 cm³/mol. The van der Waals surface area contributed by atoms with Gasteiger partial charge in [-0.25, -0.2) is 9.18 Å². The summed E-state index contributed by atoms with van der Waals surface area (Å²) in [6, 6.07) is -0.514. The average molecular weight is 233 g/mol. The Hall–Kier alpha value is -0.840. The van der Waals surface area contributed by atoms with Crippen molar-refractivity contribution in [1.29, 1.82) is 0 Å². The molecule has 1 aliphatic heterocycles. The van der Waals surface area contributed by atoms with Gasteiger partial charge in [0.05, 0.1) is 12.6 Å². The lowest BCUT2D eigenvalue weighted by Crippen LogP contribution is -2.44. The van der Waals surface area contributed by atoms with E-state index in [2.05, 4.69) is 0 Å². The fraction of sp³-hybridized carbons (Fsp3) is 0.909. The lowest BCUT2D eigenvalue weighted by molar-refractivity contribution is 0.00921. The van der Waals surface area contributed by atoms with E-state index in [4.69, 9.17) is 9.47 Å². The zero-order valence-corrected chi connectivity index (χ0v) is 10.3. The number of alkyl halides is 1. The number of hydrogen-bond acceptors (Lipinski definition) is 3. The maximum Gasteiger partial charge on any atom is 0.410 e. The van der Waals surface area contributed by atoms with E-state index in [0.717, 1.165) is 0 Å². The number of hydrogen-bond donors (Lipinski definition) is 0. The number of carbonyl (C=O) groups is 1. The fourth-order valence-electron chi connectivity index (χ4n) is 1.73. The standard InChI is InChI=1S/C11H20FNO3/c1-11(2,3)16-10(14)13-6-5-8(12)9(13)7-15-4/h8-9H,5-7H2,1-4H3. The van der Waals surface area contributed by atoms with Crippen LogP contribution in [0.4, 0.5) is 9.18 Å². The molecule has 0 radical (unpaired) electrons. The van der Waals surface area contributed by atoms with Gasteiger partial charge in [0, 0.05) is 13.7 Å². The lowest BCUT2D eigenvalue weighted by atomic mass is 10.2. The lowest BCUT2D eigenvalue weighted by Gasteiger charge is -2.28. The van der Waals surface area contributed by atoms with Gasteiger partial charge < -0.3 is 9.47 Å². The van der Waals surface area contributed by atoms with E-state index in [0.29, 0.717) is 13.0 Å². The molecule has 94 valence electrons. The van der Waals surface area contributed by atoms with Crippen LogP contribution in [0.2, 0.25) is 0 Å². The Morgan fingerprint density at radius 1 is 1.50 bits per heavy atom. The van der Waals surface area contributed by atoms with Crippen molar-refractivity contribution in [2.24, 2.45) is 0 Å². The summed E-state index contributed by atoms with van der Waals surface area (Å²) in [5.41, 5.74) is -0.552. The summed E-state index contributed by atoms with van der Waals surface area (Å²) < 4.78 is 23.6. The summed E-state index contributed by atoms with van der Waals surface area (Å²) in [6.07, 6.45) is -1.13. The Bertz CT molecular complexity index is 252. The molecular weight excluding hydrogens is 213 g/mol. The normalized spacial score (nSPS) is 25.9. The van der Waals surface area contributed by atoms with Gasteiger partial charge in [0.2, 0.25) is 0 Å². The molecule has 0 aliphatic carbocycles. The van der Waals surface area contributed by atoms with Gasteiger partial charge >= 0.3 is 6.09 Å². The van der Waals surface area contributed by atoms with E-state index in [9.17, 15) is 9.18 Å². The third-order valence-corrected chi connectivity index (χ3v) is 2.43. The molecule has 0 spiro atoms. The van der Waals surface area contributed by atoms with Gasteiger partial charge in [0.25, 0.3) is 0 Å². The summed E-state index contributed by atoms with van der Waals surface area (Å²) in [4.78, 5) is 13.2. The first-order valence-corrected chi connectivity index (χ1v) is 5.48. The highest BCUT2D eigenvalue weighted by Gasteiger charge is 2.39. The van der Waals surface area contributed by atoms with Crippen molar-refractivity contribution in [1.82, 2.24) is 4.90 Å². The Morgan fingerprint density at radius 2 is 2.12 bits per heavy atom. The van der Waals surface area contributed by atoms with Crippen LogP contribution in [0.25, 0.3) is 0 Å². The molecule has 2 unspecified atom stereocenters. The Labute approximate surface area is 95.7 Å². The molecule has 0 aromatic carbocycles. The first kappa shape index (κ1) is 13.2. The first-order chi connectivity index (χ1) is 7.35. The second kappa shape index (κ2) is 4.99. The molecule has 16 heavy (non-hydrogen) atoms. The number of likely N-dealkylation sites (tertiary alicyclic amines) is 1. The van der Waals surface area contributed by atoms with Gasteiger partial charge in [-0.3, -0.25) is 4.90 Å². The summed E-state index contributed by atoms with van der Waals surface area (Å²) >= 11 is 0. The minimum absolute atomic E-state index is 0.209. The number of ether oxygens (including phenoxy) is 2. The van der Waals surface area contributed by atoms with Crippen LogP contribution in [0.5, 0.6) is 0 Å². The highest BCUT2D eigenvalue weighted by atomic mass is 19.1. The molecule has 1 fully saturated rings. The van der Waals surface area contributed by atoms with Crippen LogP contribution in [-0.2, 0) is 9.47 Å². The van der Waals surface area contributed by atoms with E-state index >= 15 is 0 Å². The van der Waals surface area contributed by atoms with Crippen molar-refractivity contribution in [3.05, 3.63) is 0 Å². The number of halogens is 1. The fourth-order valence-corrected chi connectivity index (χ4v) is 1.73. The zero-order chi connectivity index (χ0) is 12.3. The molecule has 1 aliphatic rings. The third-order valence-electron chi connectivity index (χ3n) is 2.43. The first-order valence-electron chi connectivity index (χ1n) is 5.48. The number of methoxy groups -OCH3 is 1. The quantitative estimate of drug-likeness (QED) is 0.732. The van der Waals surface area contributed by atoms with Crippen LogP contribution in [0.3, 0.4) is 0 Å². The smallest absolute Gasteiger partial charge is 0.410 e. The minimum Gasteiger partial charge on any atom is -0.444 e. The maximum atomic E-state index is 13.5. The molecule has 1 heterocycles. The van der Waals surface area contributed by atoms with Crippen molar-refractivity contribution in [3.8, 4) is 0 Å². The van der Waals surface area contributed by atoms with Crippen LogP contribution in [0.15, 0.2) is 0 Å². The van der Waals surface area contributed by atoms with Crippen molar-refractivity contribution in [3.63, 3.8) is 0 Å². The Kier molecular flexibility index (Phi) is 4.13. The van der Waals surface area contributed by atoms with Gasteiger partial charge in [0.1, 0.15) is 11.8 Å².